The van der Waals surface area contributed by atoms with E-state index in [1.165, 1.54) is 12.1 Å². The number of nitrogens with one attached hydrogen (secondary N) is 3. The lowest BCUT2D eigenvalue weighted by Crippen LogP contribution is -2.32. The smallest absolute Gasteiger partial charge is 0.349 e. The first-order valence-electron chi connectivity index (χ1n) is 19.8. The number of fused-ring (bicyclic) bond motifs is 2. The van der Waals surface area contributed by atoms with Crippen molar-refractivity contribution in [2.24, 2.45) is 0 Å². The summed E-state index contributed by atoms with van der Waals surface area (Å²) in [7, 11) is 0. The fourth-order valence-corrected chi connectivity index (χ4v) is 5.14. The van der Waals surface area contributed by atoms with Crippen molar-refractivity contribution in [2.45, 2.75) is 19.3 Å². The molecule has 61 heavy (non-hydrogen) atoms. The zero-order chi connectivity index (χ0) is 43.3. The second kappa shape index (κ2) is 28.8. The van der Waals surface area contributed by atoms with E-state index >= 15 is 0 Å². The van der Waals surface area contributed by atoms with Crippen LogP contribution in [0.3, 0.4) is 0 Å². The Labute approximate surface area is 350 Å². The van der Waals surface area contributed by atoms with Crippen LogP contribution in [0.1, 0.15) is 40.0 Å². The van der Waals surface area contributed by atoms with Gasteiger partial charge in [0.25, 0.3) is 17.7 Å². The van der Waals surface area contributed by atoms with Gasteiger partial charge in [-0.05, 0) is 59.6 Å². The Balaban J connectivity index is 0.942. The van der Waals surface area contributed by atoms with Gasteiger partial charge in [0, 0.05) is 49.9 Å². The van der Waals surface area contributed by atoms with Gasteiger partial charge in [0.1, 0.15) is 27.9 Å². The van der Waals surface area contributed by atoms with Crippen LogP contribution in [0.5, 0.6) is 5.75 Å². The first kappa shape index (κ1) is 48.1. The highest BCUT2D eigenvalue weighted by atomic mass is 16.6. The second-order valence-corrected chi connectivity index (χ2v) is 12.9. The fraction of sp³-hybridized carbons (Fsp3) is 0.525. The van der Waals surface area contributed by atoms with Crippen molar-refractivity contribution in [3.05, 3.63) is 64.0 Å². The molecule has 0 saturated carbocycles. The molecule has 0 aliphatic rings. The lowest BCUT2D eigenvalue weighted by atomic mass is 10.1. The third kappa shape index (κ3) is 19.6. The third-order valence-electron chi connectivity index (χ3n) is 8.23. The van der Waals surface area contributed by atoms with Gasteiger partial charge in [0.05, 0.1) is 85.7 Å². The van der Waals surface area contributed by atoms with Crippen LogP contribution in [-0.4, -0.2) is 158 Å². The maximum Gasteiger partial charge on any atom is 0.349 e. The minimum Gasteiger partial charge on any atom is -0.484 e. The van der Waals surface area contributed by atoms with E-state index < -0.39 is 17.5 Å². The van der Waals surface area contributed by atoms with Crippen molar-refractivity contribution in [3.63, 3.8) is 0 Å². The van der Waals surface area contributed by atoms with Gasteiger partial charge in [0.15, 0.2) is 6.61 Å². The van der Waals surface area contributed by atoms with Gasteiger partial charge in [-0.15, -0.1) is 0 Å². The quantitative estimate of drug-likeness (QED) is 0.0381. The molecular formula is C40H53N5O16. The van der Waals surface area contributed by atoms with E-state index in [1.807, 2.05) is 0 Å². The first-order valence-corrected chi connectivity index (χ1v) is 19.8. The summed E-state index contributed by atoms with van der Waals surface area (Å²) in [6.45, 7) is 5.63. The number of benzene rings is 2. The summed E-state index contributed by atoms with van der Waals surface area (Å²) in [6.07, 6.45) is 1.12. The highest BCUT2D eigenvalue weighted by Gasteiger charge is 2.14. The van der Waals surface area contributed by atoms with Crippen LogP contribution < -0.4 is 26.3 Å². The second-order valence-electron chi connectivity index (χ2n) is 12.9. The van der Waals surface area contributed by atoms with Crippen LogP contribution in [0.25, 0.3) is 22.0 Å². The molecule has 0 saturated heterocycles. The van der Waals surface area contributed by atoms with E-state index in [9.17, 15) is 24.0 Å². The van der Waals surface area contributed by atoms with Crippen molar-refractivity contribution in [2.75, 3.05) is 119 Å². The van der Waals surface area contributed by atoms with Crippen LogP contribution in [0.4, 0.5) is 0 Å². The summed E-state index contributed by atoms with van der Waals surface area (Å²) >= 11 is 0. The van der Waals surface area contributed by atoms with E-state index in [1.54, 1.807) is 30.3 Å². The Morgan fingerprint density at radius 3 is 1.80 bits per heavy atom. The third-order valence-corrected chi connectivity index (χ3v) is 8.23. The van der Waals surface area contributed by atoms with E-state index in [0.29, 0.717) is 126 Å². The van der Waals surface area contributed by atoms with E-state index in [4.69, 9.17) is 47.4 Å². The molecule has 0 bridgehead atoms. The van der Waals surface area contributed by atoms with Crippen molar-refractivity contribution < 1.29 is 71.2 Å². The molecule has 0 atom stereocenters. The minimum absolute atomic E-state index is 0.0423. The summed E-state index contributed by atoms with van der Waals surface area (Å²) < 4.78 is 53.3. The molecule has 2 aromatic heterocycles. The van der Waals surface area contributed by atoms with Gasteiger partial charge in [-0.1, -0.05) is 0 Å². The summed E-state index contributed by atoms with van der Waals surface area (Å²) in [5.41, 5.74) is 0.828. The number of hydrogen-bond donors (Lipinski definition) is 4. The number of hydrogen-bond acceptors (Lipinski definition) is 17. The molecule has 4 aromatic rings. The number of ether oxygens (including phenoxy) is 8. The monoisotopic (exact) mass is 859 g/mol. The van der Waals surface area contributed by atoms with Gasteiger partial charge >= 0.3 is 11.6 Å². The van der Waals surface area contributed by atoms with Gasteiger partial charge < -0.3 is 63.4 Å². The van der Waals surface area contributed by atoms with Gasteiger partial charge in [-0.25, -0.2) is 9.42 Å². The number of rotatable bonds is 34. The molecule has 0 fully saturated rings. The predicted octanol–water partition coefficient (Wildman–Crippen LogP) is 1.36. The zero-order valence-electron chi connectivity index (χ0n) is 33.9. The Morgan fingerprint density at radius 2 is 1.16 bits per heavy atom. The highest BCUT2D eigenvalue weighted by Crippen LogP contribution is 2.20. The molecule has 3 amide bonds. The molecule has 4 rings (SSSR count). The Hall–Kier alpha value is -5.55. The molecule has 0 aliphatic carbocycles. The lowest BCUT2D eigenvalue weighted by molar-refractivity contribution is -0.138. The number of amides is 3. The van der Waals surface area contributed by atoms with Gasteiger partial charge in [-0.3, -0.25) is 19.2 Å². The maximum atomic E-state index is 12.7. The summed E-state index contributed by atoms with van der Waals surface area (Å²) in [4.78, 5) is 60.1. The van der Waals surface area contributed by atoms with E-state index in [-0.39, 0.29) is 62.3 Å². The Bertz CT molecular complexity index is 1990. The highest BCUT2D eigenvalue weighted by molar-refractivity contribution is 5.97. The molecule has 0 aliphatic heterocycles. The van der Waals surface area contributed by atoms with Gasteiger partial charge in [-0.2, -0.15) is 0 Å². The van der Waals surface area contributed by atoms with Gasteiger partial charge in [0.2, 0.25) is 0 Å². The summed E-state index contributed by atoms with van der Waals surface area (Å²) in [6, 6.07) is 11.1. The SMILES string of the molecule is O=C(O)CCOCCOCCOCCOCCNC(=O)COc1ccc2cc(C(=O)NCCCOCCOCCOCCCNC(=O)c3ccc4nonc4c3)c(=O)oc2c1. The fourth-order valence-electron chi connectivity index (χ4n) is 5.14. The van der Waals surface area contributed by atoms with Crippen molar-refractivity contribution >= 4 is 45.7 Å². The molecule has 21 heteroatoms. The molecular weight excluding hydrogens is 806 g/mol. The standard InChI is InChI=1S/C40H53N5O16/c46-36(41-10-14-55-18-22-58-24-23-57-21-17-54-13-7-37(47)48)28-59-31-5-3-29-25-32(40(51)60-35(29)27-31)39(50)43-9-2-12-53-16-20-56-19-15-52-11-1-8-42-38(49)30-4-6-33-34(26-30)45-61-44-33/h3-6,25-27H,1-2,7-24,28H2,(H,41,46)(H,42,49)(H,43,50)(H,47,48). The Morgan fingerprint density at radius 1 is 0.590 bits per heavy atom. The predicted molar refractivity (Wildman–Crippen MR) is 215 cm³/mol. The first-order chi connectivity index (χ1) is 29.8. The van der Waals surface area contributed by atoms with Crippen LogP contribution in [-0.2, 0) is 42.7 Å². The average molecular weight is 860 g/mol. The van der Waals surface area contributed by atoms with Crippen molar-refractivity contribution in [1.29, 1.82) is 0 Å². The molecule has 2 aromatic carbocycles. The number of carboxylic acid groups (broad SMARTS) is 1. The zero-order valence-corrected chi connectivity index (χ0v) is 33.9. The van der Waals surface area contributed by atoms with E-state index in [2.05, 4.69) is 30.9 Å². The minimum atomic E-state index is -0.908. The van der Waals surface area contributed by atoms with Crippen LogP contribution >= 0.6 is 0 Å². The van der Waals surface area contributed by atoms with Crippen LogP contribution in [0, 0.1) is 0 Å². The molecule has 0 unspecified atom stereocenters. The van der Waals surface area contributed by atoms with Crippen molar-refractivity contribution in [1.82, 2.24) is 26.3 Å². The normalized spacial score (nSPS) is 11.2. The number of aliphatic carboxylic acids is 1. The number of carboxylic acids is 1. The summed E-state index contributed by atoms with van der Waals surface area (Å²) in [5, 5.41) is 24.7. The average Bonchev–Trinajstić information content (AvgIpc) is 3.73. The number of carbonyl (C=O) groups excluding carboxylic acids is 3. The Kier molecular flexibility index (Phi) is 22.7. The summed E-state index contributed by atoms with van der Waals surface area (Å²) in [5.74, 6) is -1.76. The van der Waals surface area contributed by atoms with Crippen LogP contribution in [0.15, 0.2) is 56.3 Å². The van der Waals surface area contributed by atoms with E-state index in [0.717, 1.165) is 0 Å². The molecule has 21 nitrogen and oxygen atoms in total. The number of nitrogens with zero attached hydrogens (tertiary/aromatic N) is 2. The molecule has 4 N–H and O–H groups in total. The number of carbonyl (C=O) groups is 4. The molecule has 2 heterocycles. The topological polar surface area (TPSA) is 268 Å². The molecule has 0 spiro atoms. The number of aromatic nitrogens is 2. The maximum absolute atomic E-state index is 12.7. The lowest BCUT2D eigenvalue weighted by Gasteiger charge is -2.10. The molecule has 334 valence electrons. The largest absolute Gasteiger partial charge is 0.484 e. The molecule has 0 radical (unpaired) electrons. The van der Waals surface area contributed by atoms with Crippen molar-refractivity contribution in [3.8, 4) is 5.75 Å². The van der Waals surface area contributed by atoms with Crippen LogP contribution in [0.2, 0.25) is 0 Å².